The van der Waals surface area contributed by atoms with Gasteiger partial charge in [0.25, 0.3) is 5.91 Å². The molecule has 8 heteroatoms. The summed E-state index contributed by atoms with van der Waals surface area (Å²) in [6.07, 6.45) is -0.306. The Morgan fingerprint density at radius 2 is 1.49 bits per heavy atom. The highest BCUT2D eigenvalue weighted by atomic mass is 16.6. The standard InChI is InChI=1S/C43H44N2O6/c1-42(2,3)51-38(47)25-26-43(41(48)44-29-35-15-9-14-32-13-7-8-16-37(32)35)39(33-19-17-31(18-20-33)30-11-5-4-6-12-30)50-40(45-43)34-21-23-36(24-22-34)49-28-10-27-46/h4-9,11-24,39,46H,10,25-29H2,1-3H3,(H,44,48)/t39-,43-/m1/s1. The second-order valence-electron chi connectivity index (χ2n) is 13.7. The number of amides is 1. The molecule has 5 aromatic carbocycles. The maximum Gasteiger partial charge on any atom is 0.306 e. The van der Waals surface area contributed by atoms with E-state index < -0.39 is 23.2 Å². The number of aliphatic hydroxyl groups excluding tert-OH is 1. The van der Waals surface area contributed by atoms with Crippen LogP contribution in [0.25, 0.3) is 21.9 Å². The zero-order valence-corrected chi connectivity index (χ0v) is 29.3. The minimum atomic E-state index is -1.50. The van der Waals surface area contributed by atoms with E-state index in [1.165, 1.54) is 0 Å². The predicted molar refractivity (Wildman–Crippen MR) is 199 cm³/mol. The van der Waals surface area contributed by atoms with Crippen LogP contribution in [-0.2, 0) is 25.6 Å². The lowest BCUT2D eigenvalue weighted by Crippen LogP contribution is -2.48. The van der Waals surface area contributed by atoms with Gasteiger partial charge in [-0.2, -0.15) is 0 Å². The first kappa shape index (κ1) is 35.4. The molecule has 51 heavy (non-hydrogen) atoms. The summed E-state index contributed by atoms with van der Waals surface area (Å²) in [5, 5.41) is 14.4. The van der Waals surface area contributed by atoms with Crippen LogP contribution >= 0.6 is 0 Å². The second-order valence-corrected chi connectivity index (χ2v) is 13.7. The van der Waals surface area contributed by atoms with Crippen molar-refractivity contribution in [1.29, 1.82) is 0 Å². The number of carbonyl (C=O) groups excluding carboxylic acids is 2. The molecule has 0 spiro atoms. The van der Waals surface area contributed by atoms with E-state index in [9.17, 15) is 9.59 Å². The molecule has 0 radical (unpaired) electrons. The van der Waals surface area contributed by atoms with E-state index in [2.05, 4.69) is 5.32 Å². The summed E-state index contributed by atoms with van der Waals surface area (Å²) in [4.78, 5) is 33.0. The van der Waals surface area contributed by atoms with Crippen molar-refractivity contribution in [2.45, 2.75) is 63.8 Å². The molecular formula is C43H44N2O6. The molecule has 0 aromatic heterocycles. The number of benzene rings is 5. The maximum absolute atomic E-state index is 14.7. The molecule has 0 bridgehead atoms. The Morgan fingerprint density at radius 3 is 2.22 bits per heavy atom. The highest BCUT2D eigenvalue weighted by Crippen LogP contribution is 2.44. The number of rotatable bonds is 13. The number of aliphatic imine (C=N–C) groups is 1. The van der Waals surface area contributed by atoms with Gasteiger partial charge in [-0.1, -0.05) is 97.1 Å². The molecule has 1 heterocycles. The van der Waals surface area contributed by atoms with Crippen LogP contribution in [0.4, 0.5) is 0 Å². The van der Waals surface area contributed by atoms with E-state index in [1.54, 1.807) is 0 Å². The van der Waals surface area contributed by atoms with E-state index in [1.807, 2.05) is 142 Å². The van der Waals surface area contributed by atoms with Crippen molar-refractivity contribution in [3.63, 3.8) is 0 Å². The molecule has 2 N–H and O–H groups in total. The molecule has 0 fully saturated rings. The average Bonchev–Trinajstić information content (AvgIpc) is 3.54. The van der Waals surface area contributed by atoms with Crippen LogP contribution in [0.2, 0.25) is 0 Å². The number of carbonyl (C=O) groups is 2. The van der Waals surface area contributed by atoms with Crippen LogP contribution in [0.15, 0.2) is 126 Å². The first-order valence-corrected chi connectivity index (χ1v) is 17.4. The fourth-order valence-corrected chi connectivity index (χ4v) is 6.31. The number of aliphatic hydroxyl groups is 1. The lowest BCUT2D eigenvalue weighted by molar-refractivity contribution is -0.155. The van der Waals surface area contributed by atoms with Crippen molar-refractivity contribution in [3.8, 4) is 16.9 Å². The number of fused-ring (bicyclic) bond motifs is 1. The number of nitrogens with one attached hydrogen (secondary N) is 1. The van der Waals surface area contributed by atoms with E-state index in [0.717, 1.165) is 33.0 Å². The van der Waals surface area contributed by atoms with Crippen LogP contribution in [0.3, 0.4) is 0 Å². The van der Waals surface area contributed by atoms with Crippen molar-refractivity contribution in [1.82, 2.24) is 5.32 Å². The third kappa shape index (κ3) is 8.47. The molecule has 6 rings (SSSR count). The van der Waals surface area contributed by atoms with Gasteiger partial charge >= 0.3 is 5.97 Å². The molecule has 1 amide bonds. The normalized spacial score (nSPS) is 17.0. The summed E-state index contributed by atoms with van der Waals surface area (Å²) in [5.74, 6) is 0.159. The molecule has 8 nitrogen and oxygen atoms in total. The SMILES string of the molecule is CC(C)(C)OC(=O)CC[C@@]1(C(=O)NCc2cccc3ccccc23)N=C(c2ccc(OCCCO)cc2)O[C@@H]1c1ccc(-c2ccccc2)cc1. The smallest absolute Gasteiger partial charge is 0.306 e. The molecule has 262 valence electrons. The van der Waals surface area contributed by atoms with Gasteiger partial charge in [0.1, 0.15) is 11.4 Å². The Labute approximate surface area is 299 Å². The van der Waals surface area contributed by atoms with Gasteiger partial charge in [0.2, 0.25) is 5.90 Å². The Morgan fingerprint density at radius 1 is 0.824 bits per heavy atom. The lowest BCUT2D eigenvalue weighted by atomic mass is 9.83. The lowest BCUT2D eigenvalue weighted by Gasteiger charge is -2.31. The summed E-state index contributed by atoms with van der Waals surface area (Å²) in [6, 6.07) is 39.4. The van der Waals surface area contributed by atoms with Crippen molar-refractivity contribution in [2.75, 3.05) is 13.2 Å². The van der Waals surface area contributed by atoms with Crippen LogP contribution in [0.5, 0.6) is 5.75 Å². The fourth-order valence-electron chi connectivity index (χ4n) is 6.31. The number of ether oxygens (including phenoxy) is 3. The second kappa shape index (κ2) is 15.6. The van der Waals surface area contributed by atoms with Crippen molar-refractivity contribution >= 4 is 28.5 Å². The fraction of sp³-hybridized carbons (Fsp3) is 0.279. The monoisotopic (exact) mass is 684 g/mol. The predicted octanol–water partition coefficient (Wildman–Crippen LogP) is 7.96. The highest BCUT2D eigenvalue weighted by Gasteiger charge is 2.53. The Balaban J connectivity index is 1.38. The van der Waals surface area contributed by atoms with Crippen LogP contribution in [0.1, 0.15) is 62.8 Å². The van der Waals surface area contributed by atoms with Crippen molar-refractivity contribution in [2.24, 2.45) is 4.99 Å². The zero-order valence-electron chi connectivity index (χ0n) is 29.3. The van der Waals surface area contributed by atoms with Gasteiger partial charge in [-0.3, -0.25) is 9.59 Å². The van der Waals surface area contributed by atoms with E-state index in [-0.39, 0.29) is 31.9 Å². The average molecular weight is 685 g/mol. The highest BCUT2D eigenvalue weighted by molar-refractivity contribution is 6.01. The first-order valence-electron chi connectivity index (χ1n) is 17.4. The van der Waals surface area contributed by atoms with Gasteiger partial charge in [0.15, 0.2) is 11.6 Å². The molecule has 0 saturated carbocycles. The van der Waals surface area contributed by atoms with E-state index in [4.69, 9.17) is 24.3 Å². The van der Waals surface area contributed by atoms with Gasteiger partial charge in [-0.25, -0.2) is 4.99 Å². The minimum Gasteiger partial charge on any atom is -0.494 e. The van der Waals surface area contributed by atoms with Crippen LogP contribution in [-0.4, -0.2) is 47.2 Å². The summed E-state index contributed by atoms with van der Waals surface area (Å²) in [5.41, 5.74) is 2.29. The zero-order chi connectivity index (χ0) is 35.8. The largest absolute Gasteiger partial charge is 0.494 e. The van der Waals surface area contributed by atoms with Gasteiger partial charge in [0.05, 0.1) is 6.61 Å². The van der Waals surface area contributed by atoms with E-state index >= 15 is 0 Å². The topological polar surface area (TPSA) is 106 Å². The van der Waals surface area contributed by atoms with Gasteiger partial charge in [-0.05, 0) is 84.5 Å². The Kier molecular flexibility index (Phi) is 10.8. The third-order valence-electron chi connectivity index (χ3n) is 8.80. The summed E-state index contributed by atoms with van der Waals surface area (Å²) in [6.45, 7) is 6.16. The van der Waals surface area contributed by atoms with Crippen molar-refractivity contribution < 1.29 is 28.9 Å². The maximum atomic E-state index is 14.7. The first-order chi connectivity index (χ1) is 24.6. The Bertz CT molecular complexity index is 1980. The quantitative estimate of drug-likeness (QED) is 0.0963. The van der Waals surface area contributed by atoms with Crippen LogP contribution in [0, 0.1) is 0 Å². The number of esters is 1. The summed E-state index contributed by atoms with van der Waals surface area (Å²) in [7, 11) is 0. The number of hydrogen-bond acceptors (Lipinski definition) is 7. The number of nitrogens with zero attached hydrogens (tertiary/aromatic N) is 1. The van der Waals surface area contributed by atoms with Crippen molar-refractivity contribution in [3.05, 3.63) is 138 Å². The third-order valence-corrected chi connectivity index (χ3v) is 8.80. The molecule has 2 atom stereocenters. The number of hydrogen-bond donors (Lipinski definition) is 2. The molecular weight excluding hydrogens is 640 g/mol. The van der Waals surface area contributed by atoms with E-state index in [0.29, 0.717) is 30.2 Å². The summed E-state index contributed by atoms with van der Waals surface area (Å²) < 4.78 is 18.1. The van der Waals surface area contributed by atoms with Gasteiger partial charge in [0, 0.05) is 31.6 Å². The molecule has 1 aliphatic heterocycles. The van der Waals surface area contributed by atoms with Gasteiger partial charge in [-0.15, -0.1) is 0 Å². The molecule has 1 aliphatic rings. The molecule has 0 saturated heterocycles. The summed E-state index contributed by atoms with van der Waals surface area (Å²) >= 11 is 0. The van der Waals surface area contributed by atoms with Crippen LogP contribution < -0.4 is 10.1 Å². The molecule has 0 aliphatic carbocycles. The molecule has 0 unspecified atom stereocenters. The Hall–Kier alpha value is -5.47. The van der Waals surface area contributed by atoms with Gasteiger partial charge < -0.3 is 24.6 Å². The molecule has 5 aromatic rings. The minimum absolute atomic E-state index is 0.0460.